The maximum absolute atomic E-state index is 13.1. The van der Waals surface area contributed by atoms with E-state index in [1.165, 1.54) is 16.7 Å². The molecule has 0 bridgehead atoms. The van der Waals surface area contributed by atoms with Gasteiger partial charge in [0.05, 0.1) is 0 Å². The van der Waals surface area contributed by atoms with Gasteiger partial charge in [0, 0.05) is 32.2 Å². The second-order valence-corrected chi connectivity index (χ2v) is 7.14. The van der Waals surface area contributed by atoms with E-state index in [1.54, 1.807) is 12.1 Å². The van der Waals surface area contributed by atoms with E-state index in [0.29, 0.717) is 12.0 Å². The largest absolute Gasteiger partial charge is 0.297 e. The van der Waals surface area contributed by atoms with Crippen LogP contribution in [0.5, 0.6) is 0 Å². The average molecular weight is 326 g/mol. The fourth-order valence-corrected chi connectivity index (χ4v) is 3.60. The predicted octanol–water partition coefficient (Wildman–Crippen LogP) is 4.44. The quantitative estimate of drug-likeness (QED) is 0.820. The van der Waals surface area contributed by atoms with Crippen LogP contribution in [0.4, 0.5) is 4.39 Å². The second-order valence-electron chi connectivity index (χ2n) is 7.14. The molecule has 1 aliphatic heterocycles. The van der Waals surface area contributed by atoms with Crippen LogP contribution in [0.1, 0.15) is 42.5 Å². The maximum atomic E-state index is 13.1. The summed E-state index contributed by atoms with van der Waals surface area (Å²) in [5.74, 6) is 0.364. The lowest BCUT2D eigenvalue weighted by Gasteiger charge is -2.40. The van der Waals surface area contributed by atoms with Crippen molar-refractivity contribution in [3.63, 3.8) is 0 Å². The summed E-state index contributed by atoms with van der Waals surface area (Å²) in [7, 11) is 2.22. The summed E-state index contributed by atoms with van der Waals surface area (Å²) in [4.78, 5) is 4.94. The van der Waals surface area contributed by atoms with Crippen molar-refractivity contribution in [3.05, 3.63) is 71.0 Å². The lowest BCUT2D eigenvalue weighted by Crippen LogP contribution is -2.46. The van der Waals surface area contributed by atoms with E-state index in [4.69, 9.17) is 0 Å². The highest BCUT2D eigenvalue weighted by Gasteiger charge is 2.27. The average Bonchev–Trinajstić information content (AvgIpc) is 2.58. The van der Waals surface area contributed by atoms with Crippen molar-refractivity contribution >= 4 is 0 Å². The molecule has 0 amide bonds. The Balaban J connectivity index is 1.77. The Morgan fingerprint density at radius 1 is 1.04 bits per heavy atom. The molecule has 3 heteroatoms. The van der Waals surface area contributed by atoms with Gasteiger partial charge in [0.2, 0.25) is 0 Å². The molecule has 2 nitrogen and oxygen atoms in total. The van der Waals surface area contributed by atoms with E-state index in [2.05, 4.69) is 55.0 Å². The third kappa shape index (κ3) is 3.85. The zero-order chi connectivity index (χ0) is 17.1. The van der Waals surface area contributed by atoms with Crippen LogP contribution in [0.25, 0.3) is 0 Å². The highest BCUT2D eigenvalue weighted by Crippen LogP contribution is 2.31. The number of nitrogens with zero attached hydrogens (tertiary/aromatic N) is 2. The van der Waals surface area contributed by atoms with Crippen molar-refractivity contribution in [2.75, 3.05) is 26.7 Å². The Morgan fingerprint density at radius 3 is 2.46 bits per heavy atom. The summed E-state index contributed by atoms with van der Waals surface area (Å²) in [5.41, 5.74) is 4.06. The first kappa shape index (κ1) is 17.1. The molecule has 1 unspecified atom stereocenters. The number of rotatable bonds is 4. The lowest BCUT2D eigenvalue weighted by atomic mass is 9.91. The van der Waals surface area contributed by atoms with Crippen molar-refractivity contribution in [3.8, 4) is 0 Å². The van der Waals surface area contributed by atoms with Crippen LogP contribution in [0.15, 0.2) is 48.5 Å². The SMILES string of the molecule is CC(C)c1ccccc1C1CN(Cc2ccc(F)cc2)CCN1C. The zero-order valence-electron chi connectivity index (χ0n) is 14.9. The molecule has 2 aromatic rings. The van der Waals surface area contributed by atoms with Crippen LogP contribution >= 0.6 is 0 Å². The van der Waals surface area contributed by atoms with E-state index in [9.17, 15) is 4.39 Å². The molecule has 0 aromatic heterocycles. The topological polar surface area (TPSA) is 6.48 Å². The van der Waals surface area contributed by atoms with Crippen LogP contribution in [-0.4, -0.2) is 36.5 Å². The second kappa shape index (κ2) is 7.45. The van der Waals surface area contributed by atoms with E-state index in [0.717, 1.165) is 26.2 Å². The fraction of sp³-hybridized carbons (Fsp3) is 0.429. The number of benzene rings is 2. The fourth-order valence-electron chi connectivity index (χ4n) is 3.60. The molecule has 1 aliphatic rings. The number of hydrogen-bond acceptors (Lipinski definition) is 2. The minimum absolute atomic E-state index is 0.166. The molecule has 0 N–H and O–H groups in total. The standard InChI is InChI=1S/C21H27FN2/c1-16(2)19-6-4-5-7-20(19)21-15-24(13-12-23(21)3)14-17-8-10-18(22)11-9-17/h4-11,16,21H,12-15H2,1-3H3. The molecule has 0 saturated carbocycles. The van der Waals surface area contributed by atoms with Gasteiger partial charge in [-0.15, -0.1) is 0 Å². The summed E-state index contributed by atoms with van der Waals surface area (Å²) >= 11 is 0. The van der Waals surface area contributed by atoms with Gasteiger partial charge in [-0.05, 0) is 41.8 Å². The summed E-state index contributed by atoms with van der Waals surface area (Å²) in [6, 6.07) is 16.1. The minimum atomic E-state index is -0.166. The highest BCUT2D eigenvalue weighted by molar-refractivity contribution is 5.33. The maximum Gasteiger partial charge on any atom is 0.123 e. The molecule has 0 spiro atoms. The van der Waals surface area contributed by atoms with Gasteiger partial charge in [0.25, 0.3) is 0 Å². The first-order chi connectivity index (χ1) is 11.5. The monoisotopic (exact) mass is 326 g/mol. The van der Waals surface area contributed by atoms with Crippen LogP contribution < -0.4 is 0 Å². The molecule has 2 aromatic carbocycles. The van der Waals surface area contributed by atoms with Crippen molar-refractivity contribution in [2.24, 2.45) is 0 Å². The zero-order valence-corrected chi connectivity index (χ0v) is 14.9. The summed E-state index contributed by atoms with van der Waals surface area (Å²) in [6.45, 7) is 8.52. The molecule has 1 fully saturated rings. The highest BCUT2D eigenvalue weighted by atomic mass is 19.1. The molecule has 128 valence electrons. The third-order valence-corrected chi connectivity index (χ3v) is 5.03. The molecule has 1 saturated heterocycles. The Hall–Kier alpha value is -1.71. The number of piperazine rings is 1. The Bertz CT molecular complexity index is 666. The van der Waals surface area contributed by atoms with Gasteiger partial charge >= 0.3 is 0 Å². The van der Waals surface area contributed by atoms with E-state index < -0.39 is 0 Å². The van der Waals surface area contributed by atoms with Crippen molar-refractivity contribution < 1.29 is 4.39 Å². The Kier molecular flexibility index (Phi) is 5.32. The van der Waals surface area contributed by atoms with Crippen LogP contribution in [0.2, 0.25) is 0 Å². The normalized spacial score (nSPS) is 19.8. The molecule has 1 heterocycles. The molecule has 0 radical (unpaired) electrons. The molecule has 0 aliphatic carbocycles. The third-order valence-electron chi connectivity index (χ3n) is 5.03. The van der Waals surface area contributed by atoms with Crippen LogP contribution in [-0.2, 0) is 6.54 Å². The summed E-state index contributed by atoms with van der Waals surface area (Å²) in [5, 5.41) is 0. The molecule has 3 rings (SSSR count). The van der Waals surface area contributed by atoms with Gasteiger partial charge in [-0.2, -0.15) is 0 Å². The smallest absolute Gasteiger partial charge is 0.123 e. The van der Waals surface area contributed by atoms with Gasteiger partial charge in [0.15, 0.2) is 0 Å². The first-order valence-corrected chi connectivity index (χ1v) is 8.80. The van der Waals surface area contributed by atoms with E-state index in [1.807, 2.05) is 12.1 Å². The van der Waals surface area contributed by atoms with E-state index in [-0.39, 0.29) is 5.82 Å². The summed E-state index contributed by atoms with van der Waals surface area (Å²) in [6.07, 6.45) is 0. The number of likely N-dealkylation sites (N-methyl/N-ethyl adjacent to an activating group) is 1. The van der Waals surface area contributed by atoms with Gasteiger partial charge in [0.1, 0.15) is 5.82 Å². The number of halogens is 1. The summed E-state index contributed by atoms with van der Waals surface area (Å²) < 4.78 is 13.1. The predicted molar refractivity (Wildman–Crippen MR) is 97.6 cm³/mol. The van der Waals surface area contributed by atoms with E-state index >= 15 is 0 Å². The van der Waals surface area contributed by atoms with Crippen LogP contribution in [0, 0.1) is 5.82 Å². The van der Waals surface area contributed by atoms with Gasteiger partial charge in [-0.1, -0.05) is 50.2 Å². The van der Waals surface area contributed by atoms with Crippen molar-refractivity contribution in [1.82, 2.24) is 9.80 Å². The molecular weight excluding hydrogens is 299 g/mol. The van der Waals surface area contributed by atoms with Gasteiger partial charge in [-0.3, -0.25) is 9.80 Å². The molecule has 24 heavy (non-hydrogen) atoms. The molecule has 1 atom stereocenters. The van der Waals surface area contributed by atoms with Gasteiger partial charge in [-0.25, -0.2) is 4.39 Å². The Morgan fingerprint density at radius 2 is 1.75 bits per heavy atom. The van der Waals surface area contributed by atoms with Crippen LogP contribution in [0.3, 0.4) is 0 Å². The van der Waals surface area contributed by atoms with Gasteiger partial charge < -0.3 is 0 Å². The minimum Gasteiger partial charge on any atom is -0.297 e. The molecular formula is C21H27FN2. The lowest BCUT2D eigenvalue weighted by molar-refractivity contribution is 0.0899. The van der Waals surface area contributed by atoms with Crippen molar-refractivity contribution in [1.29, 1.82) is 0 Å². The Labute approximate surface area is 144 Å². The first-order valence-electron chi connectivity index (χ1n) is 8.80. The number of hydrogen-bond donors (Lipinski definition) is 0. The van der Waals surface area contributed by atoms with Crippen molar-refractivity contribution in [2.45, 2.75) is 32.4 Å².